The minimum atomic E-state index is -2.57. The van der Waals surface area contributed by atoms with Crippen LogP contribution in [0.2, 0.25) is 0 Å². The van der Waals surface area contributed by atoms with Crippen LogP contribution >= 0.6 is 0 Å². The van der Waals surface area contributed by atoms with Crippen molar-refractivity contribution in [2.75, 3.05) is 28.1 Å². The number of fused-ring (bicyclic) bond motifs is 1. The van der Waals surface area contributed by atoms with E-state index in [0.717, 1.165) is 5.56 Å². The molecule has 2 atom stereocenters. The molecule has 4 rings (SSSR count). The van der Waals surface area contributed by atoms with Crippen molar-refractivity contribution in [1.82, 2.24) is 0 Å². The number of rotatable bonds is 10. The summed E-state index contributed by atoms with van der Waals surface area (Å²) in [6, 6.07) is 17.2. The van der Waals surface area contributed by atoms with Crippen molar-refractivity contribution in [1.29, 1.82) is 0 Å². The van der Waals surface area contributed by atoms with Crippen molar-refractivity contribution >= 4 is 11.9 Å². The summed E-state index contributed by atoms with van der Waals surface area (Å²) >= 11 is 0. The van der Waals surface area contributed by atoms with Gasteiger partial charge < -0.3 is 38.6 Å². The van der Waals surface area contributed by atoms with Crippen LogP contribution in [-0.4, -0.2) is 56.1 Å². The van der Waals surface area contributed by atoms with Gasteiger partial charge in [0.25, 0.3) is 0 Å². The average Bonchev–Trinajstić information content (AvgIpc) is 2.92. The number of hydrogen-bond donors (Lipinski definition) is 2. The summed E-state index contributed by atoms with van der Waals surface area (Å²) in [5.74, 6) is -5.17. The van der Waals surface area contributed by atoms with Crippen LogP contribution in [0.4, 0.5) is 0 Å². The first-order valence-corrected chi connectivity index (χ1v) is 11.2. The number of ether oxygens (including phenoxy) is 6. The number of aliphatic carboxylic acids is 1. The Bertz CT molecular complexity index is 1260. The number of benzene rings is 3. The largest absolute Gasteiger partial charge is 0.493 e. The van der Waals surface area contributed by atoms with Crippen LogP contribution in [0.3, 0.4) is 0 Å². The first kappa shape index (κ1) is 25.8. The molecular weight excluding hydrogens is 484 g/mol. The maximum Gasteiger partial charge on any atom is 0.378 e. The first-order chi connectivity index (χ1) is 17.9. The van der Waals surface area contributed by atoms with E-state index in [4.69, 9.17) is 28.4 Å². The van der Waals surface area contributed by atoms with Gasteiger partial charge in [-0.25, -0.2) is 9.59 Å². The van der Waals surface area contributed by atoms with Gasteiger partial charge in [-0.2, -0.15) is 0 Å². The molecule has 0 aliphatic carbocycles. The van der Waals surface area contributed by atoms with Crippen molar-refractivity contribution in [2.45, 2.75) is 18.3 Å². The molecule has 2 N–H and O–H groups in total. The van der Waals surface area contributed by atoms with Gasteiger partial charge in [-0.15, -0.1) is 0 Å². The SMILES string of the molecule is COc1cc(C2c3ccc(OCc4ccccc4)cc3C(=O)OC2(OCO)C(=O)O)cc(OC)c1OC. The summed E-state index contributed by atoms with van der Waals surface area (Å²) in [7, 11) is 4.27. The van der Waals surface area contributed by atoms with Crippen LogP contribution < -0.4 is 18.9 Å². The predicted octanol–water partition coefficient (Wildman–Crippen LogP) is 3.34. The number of carboxylic acids is 1. The number of aliphatic hydroxyl groups excluding tert-OH is 1. The number of aliphatic hydroxyl groups is 1. The predicted molar refractivity (Wildman–Crippen MR) is 129 cm³/mol. The van der Waals surface area contributed by atoms with E-state index in [1.807, 2.05) is 30.3 Å². The van der Waals surface area contributed by atoms with Crippen molar-refractivity contribution in [2.24, 2.45) is 0 Å². The molecule has 0 saturated carbocycles. The zero-order valence-corrected chi connectivity index (χ0v) is 20.4. The minimum Gasteiger partial charge on any atom is -0.493 e. The van der Waals surface area contributed by atoms with Gasteiger partial charge in [0.2, 0.25) is 5.75 Å². The molecule has 1 heterocycles. The first-order valence-electron chi connectivity index (χ1n) is 11.2. The molecule has 194 valence electrons. The van der Waals surface area contributed by atoms with E-state index in [9.17, 15) is 19.8 Å². The molecule has 0 bridgehead atoms. The number of carbonyl (C=O) groups excluding carboxylic acids is 1. The summed E-state index contributed by atoms with van der Waals surface area (Å²) < 4.78 is 32.7. The molecular formula is C27H26O10. The zero-order chi connectivity index (χ0) is 26.6. The monoisotopic (exact) mass is 510 g/mol. The van der Waals surface area contributed by atoms with Gasteiger partial charge >= 0.3 is 17.7 Å². The van der Waals surface area contributed by atoms with Crippen LogP contribution in [-0.2, 0) is 20.9 Å². The quantitative estimate of drug-likeness (QED) is 0.309. The molecule has 10 heteroatoms. The molecule has 0 aromatic heterocycles. The fourth-order valence-corrected chi connectivity index (χ4v) is 4.36. The molecule has 0 saturated heterocycles. The highest BCUT2D eigenvalue weighted by molar-refractivity contribution is 5.97. The van der Waals surface area contributed by atoms with Gasteiger partial charge in [0.15, 0.2) is 11.5 Å². The van der Waals surface area contributed by atoms with E-state index in [1.165, 1.54) is 39.5 Å². The molecule has 0 spiro atoms. The van der Waals surface area contributed by atoms with Gasteiger partial charge in [-0.3, -0.25) is 0 Å². The van der Waals surface area contributed by atoms with E-state index in [-0.39, 0.29) is 35.0 Å². The summed E-state index contributed by atoms with van der Waals surface area (Å²) in [5, 5.41) is 19.8. The molecule has 3 aromatic rings. The van der Waals surface area contributed by atoms with Gasteiger partial charge in [0.05, 0.1) is 32.8 Å². The Balaban J connectivity index is 1.86. The maximum atomic E-state index is 13.1. The highest BCUT2D eigenvalue weighted by Gasteiger charge is 2.57. The molecule has 2 unspecified atom stereocenters. The van der Waals surface area contributed by atoms with Crippen molar-refractivity contribution in [3.63, 3.8) is 0 Å². The lowest BCUT2D eigenvalue weighted by molar-refractivity contribution is -0.251. The van der Waals surface area contributed by atoms with Crippen molar-refractivity contribution in [3.05, 3.63) is 82.9 Å². The molecule has 3 aromatic carbocycles. The fraction of sp³-hybridized carbons (Fsp3) is 0.259. The van der Waals surface area contributed by atoms with Crippen LogP contribution in [0.5, 0.6) is 23.0 Å². The van der Waals surface area contributed by atoms with Crippen molar-refractivity contribution in [3.8, 4) is 23.0 Å². The summed E-state index contributed by atoms with van der Waals surface area (Å²) in [5.41, 5.74) is 1.62. The zero-order valence-electron chi connectivity index (χ0n) is 20.4. The molecule has 1 aliphatic heterocycles. The second kappa shape index (κ2) is 10.8. The Morgan fingerprint density at radius 3 is 2.22 bits per heavy atom. The van der Waals surface area contributed by atoms with E-state index in [0.29, 0.717) is 11.3 Å². The van der Waals surface area contributed by atoms with Crippen LogP contribution in [0.25, 0.3) is 0 Å². The lowest BCUT2D eigenvalue weighted by atomic mass is 9.79. The van der Waals surface area contributed by atoms with E-state index < -0.39 is 30.4 Å². The van der Waals surface area contributed by atoms with E-state index in [2.05, 4.69) is 0 Å². The third-order valence-corrected chi connectivity index (χ3v) is 6.03. The van der Waals surface area contributed by atoms with E-state index >= 15 is 0 Å². The number of cyclic esters (lactones) is 1. The normalized spacial score (nSPS) is 18.4. The molecule has 37 heavy (non-hydrogen) atoms. The Hall–Kier alpha value is -4.28. The second-order valence-electron chi connectivity index (χ2n) is 8.05. The molecule has 1 aliphatic rings. The van der Waals surface area contributed by atoms with Gasteiger partial charge in [0.1, 0.15) is 19.1 Å². The summed E-state index contributed by atoms with van der Waals surface area (Å²) in [6.45, 7) is -0.758. The summed E-state index contributed by atoms with van der Waals surface area (Å²) in [4.78, 5) is 25.6. The van der Waals surface area contributed by atoms with E-state index in [1.54, 1.807) is 12.1 Å². The number of methoxy groups -OCH3 is 3. The lowest BCUT2D eigenvalue weighted by Gasteiger charge is -2.40. The van der Waals surface area contributed by atoms with Gasteiger partial charge in [0, 0.05) is 0 Å². The number of hydrogen-bond acceptors (Lipinski definition) is 9. The molecule has 0 radical (unpaired) electrons. The number of carboxylic acid groups (broad SMARTS) is 1. The van der Waals surface area contributed by atoms with Crippen molar-refractivity contribution < 1.29 is 48.2 Å². The third-order valence-electron chi connectivity index (χ3n) is 6.03. The fourth-order valence-electron chi connectivity index (χ4n) is 4.36. The molecule has 10 nitrogen and oxygen atoms in total. The number of esters is 1. The second-order valence-corrected chi connectivity index (χ2v) is 8.05. The Morgan fingerprint density at radius 2 is 1.65 bits per heavy atom. The summed E-state index contributed by atoms with van der Waals surface area (Å²) in [6.07, 6.45) is 0. The Morgan fingerprint density at radius 1 is 0.973 bits per heavy atom. The number of carbonyl (C=O) groups is 2. The average molecular weight is 510 g/mol. The lowest BCUT2D eigenvalue weighted by Crippen LogP contribution is -2.54. The van der Waals surface area contributed by atoms with Gasteiger partial charge in [-0.05, 0) is 41.0 Å². The topological polar surface area (TPSA) is 130 Å². The maximum absolute atomic E-state index is 13.1. The standard InChI is InChI=1S/C27H26O10/c1-32-21-11-17(12-22(33-2)24(21)34-3)23-19-10-9-18(35-14-16-7-5-4-6-8-16)13-20(19)25(29)37-27(23,26(30)31)36-15-28/h4-13,23,28H,14-15H2,1-3H3,(H,30,31). The smallest absolute Gasteiger partial charge is 0.378 e. The molecule has 0 fully saturated rings. The molecule has 0 amide bonds. The Kier molecular flexibility index (Phi) is 7.51. The highest BCUT2D eigenvalue weighted by atomic mass is 16.8. The highest BCUT2D eigenvalue weighted by Crippen LogP contribution is 2.49. The Labute approximate surface area is 212 Å². The van der Waals surface area contributed by atoms with Gasteiger partial charge in [-0.1, -0.05) is 36.4 Å². The van der Waals surface area contributed by atoms with Crippen LogP contribution in [0, 0.1) is 0 Å². The van der Waals surface area contributed by atoms with Crippen LogP contribution in [0.1, 0.15) is 33.0 Å². The third kappa shape index (κ3) is 4.76. The van der Waals surface area contributed by atoms with Crippen LogP contribution in [0.15, 0.2) is 60.7 Å². The minimum absolute atomic E-state index is 0.0859.